The number of carbonyl (C=O) groups is 1. The molecule has 2 unspecified atom stereocenters. The monoisotopic (exact) mass is 373 g/mol. The molecular weight excluding hydrogens is 349 g/mol. The van der Waals surface area contributed by atoms with Crippen molar-refractivity contribution in [2.45, 2.75) is 51.9 Å². The van der Waals surface area contributed by atoms with Gasteiger partial charge >= 0.3 is 0 Å². The second kappa shape index (κ2) is 6.28. The van der Waals surface area contributed by atoms with Gasteiger partial charge in [0.05, 0.1) is 12.1 Å². The van der Waals surface area contributed by atoms with E-state index in [0.717, 1.165) is 25.3 Å². The number of hydrogen-bond donors (Lipinski definition) is 0. The molecule has 4 rings (SSSR count). The predicted molar refractivity (Wildman–Crippen MR) is 97.8 cm³/mol. The quantitative estimate of drug-likeness (QED) is 0.820. The van der Waals surface area contributed by atoms with E-state index in [9.17, 15) is 9.18 Å². The predicted octanol–water partition coefficient (Wildman–Crippen LogP) is 2.78. The smallest absolute Gasteiger partial charge is 0.264 e. The number of anilines is 1. The van der Waals surface area contributed by atoms with Gasteiger partial charge in [-0.1, -0.05) is 19.0 Å². The molecule has 2 aliphatic rings. The Morgan fingerprint density at radius 3 is 2.59 bits per heavy atom. The normalized spacial score (nSPS) is 22.1. The number of alkyl halides is 1. The highest BCUT2D eigenvalue weighted by Gasteiger charge is 2.45. The molecule has 0 spiro atoms. The van der Waals surface area contributed by atoms with E-state index in [1.54, 1.807) is 6.20 Å². The van der Waals surface area contributed by atoms with Crippen LogP contribution in [-0.4, -0.2) is 51.1 Å². The summed E-state index contributed by atoms with van der Waals surface area (Å²) in [5, 5.41) is 3.84. The first-order valence-corrected chi connectivity index (χ1v) is 9.30. The Labute approximate surface area is 157 Å². The Balaban J connectivity index is 1.47. The van der Waals surface area contributed by atoms with Crippen molar-refractivity contribution < 1.29 is 13.7 Å². The Morgan fingerprint density at radius 2 is 2.07 bits per heavy atom. The largest absolute Gasteiger partial charge is 0.350 e. The highest BCUT2D eigenvalue weighted by atomic mass is 19.1. The van der Waals surface area contributed by atoms with Gasteiger partial charge in [-0.25, -0.2) is 9.37 Å². The number of piperazine rings is 1. The molecule has 2 fully saturated rings. The average molecular weight is 373 g/mol. The molecule has 8 heteroatoms. The van der Waals surface area contributed by atoms with E-state index in [-0.39, 0.29) is 23.8 Å². The van der Waals surface area contributed by atoms with E-state index in [4.69, 9.17) is 4.52 Å². The standard InChI is InChI=1S/C19H24FN5O2/c1-11(2)17(26)25-10-13-7-14(25)9-24(13)15-6-5-12(8-21-15)16-22-18(27-23-16)19(3,4)20/h5-6,8,11,13-14H,7,9-10H2,1-4H3. The number of pyridine rings is 1. The van der Waals surface area contributed by atoms with Gasteiger partial charge in [-0.3, -0.25) is 4.79 Å². The molecular formula is C19H24FN5O2. The molecule has 2 aromatic rings. The molecule has 2 saturated heterocycles. The third kappa shape index (κ3) is 3.17. The minimum absolute atomic E-state index is 0.0318. The molecule has 0 aliphatic carbocycles. The molecule has 0 saturated carbocycles. The van der Waals surface area contributed by atoms with Gasteiger partial charge in [0, 0.05) is 30.8 Å². The van der Waals surface area contributed by atoms with Gasteiger partial charge in [-0.15, -0.1) is 0 Å². The van der Waals surface area contributed by atoms with Crippen molar-refractivity contribution in [3.05, 3.63) is 24.2 Å². The van der Waals surface area contributed by atoms with E-state index in [2.05, 4.69) is 20.0 Å². The molecule has 2 atom stereocenters. The highest BCUT2D eigenvalue weighted by molar-refractivity contribution is 5.79. The number of fused-ring (bicyclic) bond motifs is 2. The summed E-state index contributed by atoms with van der Waals surface area (Å²) >= 11 is 0. The zero-order valence-corrected chi connectivity index (χ0v) is 16.0. The van der Waals surface area contributed by atoms with Crippen molar-refractivity contribution in [3.8, 4) is 11.4 Å². The minimum Gasteiger partial charge on any atom is -0.350 e. The summed E-state index contributed by atoms with van der Waals surface area (Å²) in [6, 6.07) is 4.35. The summed E-state index contributed by atoms with van der Waals surface area (Å²) in [5.74, 6) is 1.41. The fourth-order valence-electron chi connectivity index (χ4n) is 3.82. The molecule has 1 amide bonds. The van der Waals surface area contributed by atoms with Crippen LogP contribution in [0.1, 0.15) is 40.0 Å². The Kier molecular flexibility index (Phi) is 4.16. The first-order valence-electron chi connectivity index (χ1n) is 9.30. The topological polar surface area (TPSA) is 75.4 Å². The first kappa shape index (κ1) is 17.9. The number of likely N-dealkylation sites (tertiary alicyclic amines) is 1. The van der Waals surface area contributed by atoms with Gasteiger partial charge in [0.15, 0.2) is 5.67 Å². The number of aromatic nitrogens is 3. The number of hydrogen-bond acceptors (Lipinski definition) is 6. The molecule has 0 aromatic carbocycles. The molecule has 144 valence electrons. The Hall–Kier alpha value is -2.51. The summed E-state index contributed by atoms with van der Waals surface area (Å²) < 4.78 is 18.9. The van der Waals surface area contributed by atoms with E-state index in [1.165, 1.54) is 13.8 Å². The molecule has 2 aliphatic heterocycles. The lowest BCUT2D eigenvalue weighted by atomic mass is 10.1. The van der Waals surface area contributed by atoms with Crippen molar-refractivity contribution in [2.75, 3.05) is 18.0 Å². The lowest BCUT2D eigenvalue weighted by Gasteiger charge is -2.35. The van der Waals surface area contributed by atoms with Crippen molar-refractivity contribution in [1.82, 2.24) is 20.0 Å². The molecule has 4 heterocycles. The highest BCUT2D eigenvalue weighted by Crippen LogP contribution is 2.35. The van der Waals surface area contributed by atoms with Crippen molar-refractivity contribution >= 4 is 11.7 Å². The van der Waals surface area contributed by atoms with E-state index < -0.39 is 5.67 Å². The first-order chi connectivity index (χ1) is 12.7. The number of halogens is 1. The van der Waals surface area contributed by atoms with E-state index in [1.807, 2.05) is 30.9 Å². The van der Waals surface area contributed by atoms with Crippen molar-refractivity contribution in [3.63, 3.8) is 0 Å². The lowest BCUT2D eigenvalue weighted by Crippen LogP contribution is -2.50. The third-order valence-electron chi connectivity index (χ3n) is 5.25. The van der Waals surface area contributed by atoms with Crippen LogP contribution in [0.4, 0.5) is 10.2 Å². The minimum atomic E-state index is -1.67. The van der Waals surface area contributed by atoms with Crippen LogP contribution < -0.4 is 4.90 Å². The molecule has 7 nitrogen and oxygen atoms in total. The molecule has 0 radical (unpaired) electrons. The van der Waals surface area contributed by atoms with Gasteiger partial charge < -0.3 is 14.3 Å². The molecule has 0 N–H and O–H groups in total. The maximum atomic E-state index is 13.9. The zero-order valence-electron chi connectivity index (χ0n) is 16.0. The van der Waals surface area contributed by atoms with Crippen molar-refractivity contribution in [2.24, 2.45) is 5.92 Å². The van der Waals surface area contributed by atoms with Gasteiger partial charge in [0.1, 0.15) is 5.82 Å². The van der Waals surface area contributed by atoms with E-state index in [0.29, 0.717) is 17.4 Å². The maximum absolute atomic E-state index is 13.9. The number of nitrogens with zero attached hydrogens (tertiary/aromatic N) is 5. The van der Waals surface area contributed by atoms with E-state index >= 15 is 0 Å². The van der Waals surface area contributed by atoms with Crippen LogP contribution in [0.2, 0.25) is 0 Å². The van der Waals surface area contributed by atoms with Crippen LogP contribution in [0, 0.1) is 5.92 Å². The van der Waals surface area contributed by atoms with Gasteiger partial charge in [-0.05, 0) is 32.4 Å². The van der Waals surface area contributed by atoms with Crippen LogP contribution in [-0.2, 0) is 10.5 Å². The van der Waals surface area contributed by atoms with Gasteiger partial charge in [-0.2, -0.15) is 4.98 Å². The summed E-state index contributed by atoms with van der Waals surface area (Å²) in [4.78, 5) is 25.2. The summed E-state index contributed by atoms with van der Waals surface area (Å²) in [5.41, 5.74) is -0.994. The SMILES string of the molecule is CC(C)C(=O)N1CC2CC1CN2c1ccc(-c2noc(C(C)(C)F)n2)cn1. The third-order valence-corrected chi connectivity index (χ3v) is 5.25. The lowest BCUT2D eigenvalue weighted by molar-refractivity contribution is -0.135. The maximum Gasteiger partial charge on any atom is 0.264 e. The second-order valence-electron chi connectivity index (χ2n) is 8.14. The summed E-state index contributed by atoms with van der Waals surface area (Å²) in [7, 11) is 0. The van der Waals surface area contributed by atoms with Gasteiger partial charge in [0.2, 0.25) is 11.7 Å². The van der Waals surface area contributed by atoms with Crippen LogP contribution in [0.3, 0.4) is 0 Å². The second-order valence-corrected chi connectivity index (χ2v) is 8.14. The van der Waals surface area contributed by atoms with Crippen LogP contribution in [0.25, 0.3) is 11.4 Å². The molecule has 27 heavy (non-hydrogen) atoms. The summed E-state index contributed by atoms with van der Waals surface area (Å²) in [6.07, 6.45) is 2.67. The zero-order chi connectivity index (χ0) is 19.3. The van der Waals surface area contributed by atoms with Crippen molar-refractivity contribution in [1.29, 1.82) is 0 Å². The summed E-state index contributed by atoms with van der Waals surface area (Å²) in [6.45, 7) is 8.20. The van der Waals surface area contributed by atoms with Crippen LogP contribution in [0.5, 0.6) is 0 Å². The van der Waals surface area contributed by atoms with Crippen LogP contribution in [0.15, 0.2) is 22.9 Å². The fourth-order valence-corrected chi connectivity index (χ4v) is 3.82. The Bertz CT molecular complexity index is 843. The van der Waals surface area contributed by atoms with Gasteiger partial charge in [0.25, 0.3) is 5.89 Å². The fraction of sp³-hybridized carbons (Fsp3) is 0.579. The average Bonchev–Trinajstić information content (AvgIpc) is 3.35. The Morgan fingerprint density at radius 1 is 1.30 bits per heavy atom. The van der Waals surface area contributed by atoms with Crippen LogP contribution >= 0.6 is 0 Å². The number of amides is 1. The molecule has 2 bridgehead atoms. The number of rotatable bonds is 4. The molecule has 2 aromatic heterocycles. The number of carbonyl (C=O) groups excluding carboxylic acids is 1.